The Morgan fingerprint density at radius 3 is 2.53 bits per heavy atom. The van der Waals surface area contributed by atoms with E-state index in [1.165, 1.54) is 11.3 Å². The van der Waals surface area contributed by atoms with Crippen molar-refractivity contribution in [1.82, 2.24) is 34.8 Å². The summed E-state index contributed by atoms with van der Waals surface area (Å²) in [5.41, 5.74) is 8.16. The number of thiazole rings is 1. The Morgan fingerprint density at radius 2 is 1.84 bits per heavy atom. The number of nitrogens with one attached hydrogen (secondary N) is 2. The molecule has 0 spiro atoms. The van der Waals surface area contributed by atoms with Gasteiger partial charge in [0.1, 0.15) is 17.0 Å². The Balaban J connectivity index is 1.43. The normalized spacial score (nSPS) is 12.7. The molecule has 0 aromatic carbocycles. The van der Waals surface area contributed by atoms with Crippen molar-refractivity contribution < 1.29 is 4.79 Å². The summed E-state index contributed by atoms with van der Waals surface area (Å²) in [6, 6.07) is 1.44. The van der Waals surface area contributed by atoms with Crippen LogP contribution in [0.2, 0.25) is 0 Å². The zero-order chi connectivity index (χ0) is 23.0. The van der Waals surface area contributed by atoms with Crippen LogP contribution in [0.3, 0.4) is 0 Å². The highest BCUT2D eigenvalue weighted by Gasteiger charge is 2.18. The van der Waals surface area contributed by atoms with E-state index in [2.05, 4.69) is 56.3 Å². The molecule has 11 heteroatoms. The Kier molecular flexibility index (Phi) is 5.51. The molecule has 4 N–H and O–H groups in total. The van der Waals surface area contributed by atoms with Crippen LogP contribution in [0.4, 0.5) is 16.8 Å². The van der Waals surface area contributed by atoms with E-state index >= 15 is 0 Å². The number of hydrogen-bond donors (Lipinski definition) is 3. The van der Waals surface area contributed by atoms with E-state index in [4.69, 9.17) is 5.73 Å². The third-order valence-corrected chi connectivity index (χ3v) is 6.00. The topological polar surface area (TPSA) is 137 Å². The van der Waals surface area contributed by atoms with Crippen LogP contribution in [0, 0.1) is 0 Å². The zero-order valence-electron chi connectivity index (χ0n) is 18.5. The summed E-state index contributed by atoms with van der Waals surface area (Å²) >= 11 is 1.45. The van der Waals surface area contributed by atoms with Gasteiger partial charge in [-0.3, -0.25) is 4.79 Å². The highest BCUT2D eigenvalue weighted by molar-refractivity contribution is 7.15. The maximum atomic E-state index is 12.7. The fourth-order valence-electron chi connectivity index (χ4n) is 3.03. The van der Waals surface area contributed by atoms with Crippen LogP contribution >= 0.6 is 11.3 Å². The Labute approximate surface area is 189 Å². The summed E-state index contributed by atoms with van der Waals surface area (Å²) in [5, 5.41) is 6.86. The fourth-order valence-corrected chi connectivity index (χ4v) is 3.87. The molecule has 4 heterocycles. The number of imidazole rings is 1. The summed E-state index contributed by atoms with van der Waals surface area (Å²) in [5.74, 6) is 0.865. The number of nitrogen functional groups attached to an aromatic ring is 1. The van der Waals surface area contributed by atoms with E-state index in [1.54, 1.807) is 42.5 Å². The molecule has 0 radical (unpaired) electrons. The molecule has 4 rings (SSSR count). The second kappa shape index (κ2) is 8.15. The molecule has 4 aromatic rings. The molecule has 0 saturated carbocycles. The molecule has 32 heavy (non-hydrogen) atoms. The predicted molar refractivity (Wildman–Crippen MR) is 125 cm³/mol. The first-order valence-corrected chi connectivity index (χ1v) is 10.9. The van der Waals surface area contributed by atoms with E-state index in [0.29, 0.717) is 22.3 Å². The van der Waals surface area contributed by atoms with Gasteiger partial charge in [-0.1, -0.05) is 32.1 Å². The number of anilines is 3. The molecule has 0 aliphatic heterocycles. The minimum Gasteiger partial charge on any atom is -0.369 e. The van der Waals surface area contributed by atoms with Crippen LogP contribution in [-0.2, 0) is 12.5 Å². The number of amides is 1. The maximum absolute atomic E-state index is 12.7. The number of nitrogens with two attached hydrogens (primary N) is 1. The van der Waals surface area contributed by atoms with Crippen molar-refractivity contribution in [1.29, 1.82) is 0 Å². The van der Waals surface area contributed by atoms with Gasteiger partial charge >= 0.3 is 0 Å². The van der Waals surface area contributed by atoms with Gasteiger partial charge in [-0.15, -0.1) is 0 Å². The van der Waals surface area contributed by atoms with Gasteiger partial charge in [0.15, 0.2) is 5.13 Å². The number of carbonyl (C=O) groups is 1. The van der Waals surface area contributed by atoms with E-state index in [9.17, 15) is 4.79 Å². The van der Waals surface area contributed by atoms with Gasteiger partial charge in [-0.05, 0) is 13.0 Å². The molecule has 0 fully saturated rings. The Hall–Kier alpha value is -3.60. The van der Waals surface area contributed by atoms with Crippen molar-refractivity contribution in [3.63, 3.8) is 0 Å². The molecule has 10 nitrogen and oxygen atoms in total. The van der Waals surface area contributed by atoms with Crippen LogP contribution < -0.4 is 16.4 Å². The molecular weight excluding hydrogens is 426 g/mol. The fraction of sp³-hybridized carbons (Fsp3) is 0.333. The molecule has 1 unspecified atom stereocenters. The monoisotopic (exact) mass is 451 g/mol. The molecule has 0 aliphatic carbocycles. The summed E-state index contributed by atoms with van der Waals surface area (Å²) in [6.45, 7) is 8.10. The highest BCUT2D eigenvalue weighted by Crippen LogP contribution is 2.27. The molecule has 0 bridgehead atoms. The third-order valence-electron chi connectivity index (χ3n) is 4.91. The molecule has 1 atom stereocenters. The minimum atomic E-state index is -0.284. The lowest BCUT2D eigenvalue weighted by molar-refractivity contribution is 0.0935. The zero-order valence-corrected chi connectivity index (χ0v) is 19.4. The van der Waals surface area contributed by atoms with Gasteiger partial charge in [0.25, 0.3) is 5.91 Å². The van der Waals surface area contributed by atoms with E-state index in [1.807, 2.05) is 6.92 Å². The maximum Gasteiger partial charge on any atom is 0.270 e. The smallest absolute Gasteiger partial charge is 0.270 e. The molecular formula is C21H25N9OS. The van der Waals surface area contributed by atoms with Crippen molar-refractivity contribution in [3.8, 4) is 0 Å². The van der Waals surface area contributed by atoms with Gasteiger partial charge in [-0.2, -0.15) is 0 Å². The highest BCUT2D eigenvalue weighted by atomic mass is 32.1. The molecule has 4 aromatic heterocycles. The standard InChI is InChI=1S/C21H25N9OS/c1-11(27-17(31)13-6-15-14(9-23-13)29-19(22)30(15)5)16-10-26-20(32-16)28-12-7-24-18(25-8-12)21(2,3)4/h6-11H,1-5H3,(H2,22,29)(H,26,28)(H,27,31). The average molecular weight is 452 g/mol. The summed E-state index contributed by atoms with van der Waals surface area (Å²) in [4.78, 5) is 35.3. The Morgan fingerprint density at radius 1 is 1.12 bits per heavy atom. The second-order valence-electron chi connectivity index (χ2n) is 8.52. The van der Waals surface area contributed by atoms with Crippen molar-refractivity contribution >= 4 is 45.0 Å². The number of aryl methyl sites for hydroxylation is 1. The van der Waals surface area contributed by atoms with Crippen LogP contribution in [0.25, 0.3) is 11.0 Å². The first-order valence-electron chi connectivity index (χ1n) is 10.1. The van der Waals surface area contributed by atoms with E-state index < -0.39 is 0 Å². The second-order valence-corrected chi connectivity index (χ2v) is 9.58. The Bertz CT molecular complexity index is 1270. The number of pyridine rings is 1. The van der Waals surface area contributed by atoms with Gasteiger partial charge in [-0.25, -0.2) is 24.9 Å². The molecule has 166 valence electrons. The van der Waals surface area contributed by atoms with Crippen molar-refractivity contribution in [3.05, 3.63) is 47.2 Å². The molecule has 0 aliphatic rings. The average Bonchev–Trinajstić information content (AvgIpc) is 3.32. The number of nitrogens with zero attached hydrogens (tertiary/aromatic N) is 6. The first-order chi connectivity index (χ1) is 15.1. The molecule has 1 amide bonds. The van der Waals surface area contributed by atoms with Crippen LogP contribution in [0.15, 0.2) is 30.9 Å². The van der Waals surface area contributed by atoms with Gasteiger partial charge in [0.2, 0.25) is 5.95 Å². The molecule has 0 saturated heterocycles. The number of carbonyl (C=O) groups excluding carboxylic acids is 1. The van der Waals surface area contributed by atoms with Crippen LogP contribution in [-0.4, -0.2) is 35.4 Å². The van der Waals surface area contributed by atoms with Gasteiger partial charge in [0.05, 0.1) is 35.8 Å². The van der Waals surface area contributed by atoms with Crippen molar-refractivity contribution in [2.45, 2.75) is 39.2 Å². The lowest BCUT2D eigenvalue weighted by atomic mass is 9.96. The van der Waals surface area contributed by atoms with Crippen molar-refractivity contribution in [2.75, 3.05) is 11.1 Å². The third kappa shape index (κ3) is 4.37. The lowest BCUT2D eigenvalue weighted by Gasteiger charge is -2.16. The van der Waals surface area contributed by atoms with Crippen LogP contribution in [0.5, 0.6) is 0 Å². The summed E-state index contributed by atoms with van der Waals surface area (Å²) in [6.07, 6.45) is 6.77. The summed E-state index contributed by atoms with van der Waals surface area (Å²) < 4.78 is 1.72. The van der Waals surface area contributed by atoms with Gasteiger partial charge in [0, 0.05) is 23.5 Å². The summed E-state index contributed by atoms with van der Waals surface area (Å²) in [7, 11) is 1.79. The predicted octanol–water partition coefficient (Wildman–Crippen LogP) is 3.33. The van der Waals surface area contributed by atoms with Gasteiger partial charge < -0.3 is 20.9 Å². The largest absolute Gasteiger partial charge is 0.369 e. The number of fused-ring (bicyclic) bond motifs is 1. The SMILES string of the molecule is CC(NC(=O)c1cc2c(cn1)nc(N)n2C)c1cnc(Nc2cnc(C(C)(C)C)nc2)s1. The number of aromatic nitrogens is 6. The number of rotatable bonds is 5. The minimum absolute atomic E-state index is 0.108. The quantitative estimate of drug-likeness (QED) is 0.420. The number of hydrogen-bond acceptors (Lipinski definition) is 9. The van der Waals surface area contributed by atoms with E-state index in [0.717, 1.165) is 21.9 Å². The van der Waals surface area contributed by atoms with E-state index in [-0.39, 0.29) is 17.4 Å². The van der Waals surface area contributed by atoms with Crippen LogP contribution in [0.1, 0.15) is 54.9 Å². The lowest BCUT2D eigenvalue weighted by Crippen LogP contribution is -2.26. The first kappa shape index (κ1) is 21.6. The van der Waals surface area contributed by atoms with Crippen molar-refractivity contribution in [2.24, 2.45) is 7.05 Å².